The molecule has 0 saturated heterocycles. The van der Waals surface area contributed by atoms with Crippen molar-refractivity contribution < 1.29 is 13.2 Å². The molecule has 2 rings (SSSR count). The second-order valence-corrected chi connectivity index (χ2v) is 5.69. The Labute approximate surface area is 129 Å². The Morgan fingerprint density at radius 2 is 1.95 bits per heavy atom. The van der Waals surface area contributed by atoms with Gasteiger partial charge in [-0.1, -0.05) is 35.5 Å². The fourth-order valence-electron chi connectivity index (χ4n) is 1.73. The van der Waals surface area contributed by atoms with Crippen molar-refractivity contribution in [2.75, 3.05) is 6.54 Å². The number of aromatic nitrogens is 1. The van der Waals surface area contributed by atoms with Crippen LogP contribution in [0.25, 0.3) is 0 Å². The smallest absolute Gasteiger partial charge is 0.330 e. The number of halogens is 4. The molecular weight excluding hydrogens is 321 g/mol. The topological polar surface area (TPSA) is 38.9 Å². The zero-order valence-corrected chi connectivity index (χ0v) is 12.4. The number of hydrogen-bond acceptors (Lipinski definition) is 3. The van der Waals surface area contributed by atoms with Crippen LogP contribution in [-0.2, 0) is 12.6 Å². The number of alkyl halides is 3. The lowest BCUT2D eigenvalue weighted by atomic mass is 10.1. The van der Waals surface area contributed by atoms with Crippen LogP contribution in [-0.4, -0.2) is 11.5 Å². The molecular formula is C14H12ClF3N2S. The largest absolute Gasteiger partial charge is 0.417 e. The minimum atomic E-state index is -4.38. The average Bonchev–Trinajstić information content (AvgIpc) is 2.42. The maximum absolute atomic E-state index is 12.5. The Morgan fingerprint density at radius 3 is 2.52 bits per heavy atom. The van der Waals surface area contributed by atoms with E-state index in [0.717, 1.165) is 22.7 Å². The molecule has 0 aliphatic rings. The van der Waals surface area contributed by atoms with Crippen molar-refractivity contribution in [1.82, 2.24) is 4.98 Å². The lowest BCUT2D eigenvalue weighted by Gasteiger charge is -2.11. The van der Waals surface area contributed by atoms with Gasteiger partial charge in [0.1, 0.15) is 5.03 Å². The van der Waals surface area contributed by atoms with Crippen LogP contribution in [0.15, 0.2) is 46.5 Å². The van der Waals surface area contributed by atoms with E-state index in [4.69, 9.17) is 17.3 Å². The van der Waals surface area contributed by atoms with Crippen LogP contribution in [0.4, 0.5) is 13.2 Å². The molecule has 0 bridgehead atoms. The average molecular weight is 333 g/mol. The first-order valence-corrected chi connectivity index (χ1v) is 7.30. The molecule has 0 radical (unpaired) electrons. The molecule has 7 heteroatoms. The maximum Gasteiger partial charge on any atom is 0.417 e. The number of benzene rings is 1. The van der Waals surface area contributed by atoms with Crippen molar-refractivity contribution in [3.63, 3.8) is 0 Å². The van der Waals surface area contributed by atoms with Crippen LogP contribution < -0.4 is 5.73 Å². The minimum Gasteiger partial charge on any atom is -0.330 e. The highest BCUT2D eigenvalue weighted by atomic mass is 35.5. The quantitative estimate of drug-likeness (QED) is 0.901. The van der Waals surface area contributed by atoms with E-state index in [1.807, 2.05) is 12.1 Å². The normalized spacial score (nSPS) is 11.7. The summed E-state index contributed by atoms with van der Waals surface area (Å²) in [6.07, 6.45) is -2.92. The van der Waals surface area contributed by atoms with Crippen LogP contribution in [0.2, 0.25) is 5.02 Å². The summed E-state index contributed by atoms with van der Waals surface area (Å²) in [5, 5.41) is 0.988. The van der Waals surface area contributed by atoms with E-state index in [-0.39, 0.29) is 0 Å². The predicted molar refractivity (Wildman–Crippen MR) is 77.6 cm³/mol. The third-order valence-electron chi connectivity index (χ3n) is 2.73. The number of hydrogen-bond donors (Lipinski definition) is 1. The van der Waals surface area contributed by atoms with Gasteiger partial charge in [0.25, 0.3) is 0 Å². The van der Waals surface area contributed by atoms with Gasteiger partial charge in [-0.3, -0.25) is 0 Å². The first-order valence-electron chi connectivity index (χ1n) is 6.10. The molecule has 0 aliphatic carbocycles. The Hall–Kier alpha value is -1.24. The highest BCUT2D eigenvalue weighted by Crippen LogP contribution is 2.36. The summed E-state index contributed by atoms with van der Waals surface area (Å²) in [7, 11) is 0. The van der Waals surface area contributed by atoms with Crippen LogP contribution in [0.5, 0.6) is 0 Å². The zero-order valence-electron chi connectivity index (χ0n) is 10.8. The number of pyridine rings is 1. The second-order valence-electron chi connectivity index (χ2n) is 4.25. The first kappa shape index (κ1) is 16.1. The fraction of sp³-hybridized carbons (Fsp3) is 0.214. The molecule has 2 aromatic rings. The third kappa shape index (κ3) is 4.12. The van der Waals surface area contributed by atoms with Gasteiger partial charge in [0.05, 0.1) is 10.6 Å². The SMILES string of the molecule is NCCc1cccc(Cl)c1Sc1ccc(C(F)(F)F)cn1. The molecule has 0 atom stereocenters. The van der Waals surface area contributed by atoms with Gasteiger partial charge < -0.3 is 5.73 Å². The molecule has 2 nitrogen and oxygen atoms in total. The Bertz CT molecular complexity index is 615. The van der Waals surface area contributed by atoms with Gasteiger partial charge >= 0.3 is 6.18 Å². The fourth-order valence-corrected chi connectivity index (χ4v) is 2.96. The maximum atomic E-state index is 12.5. The molecule has 0 aliphatic heterocycles. The lowest BCUT2D eigenvalue weighted by molar-refractivity contribution is -0.137. The molecule has 2 N–H and O–H groups in total. The molecule has 1 aromatic carbocycles. The van der Waals surface area contributed by atoms with Crippen molar-refractivity contribution in [2.24, 2.45) is 5.73 Å². The van der Waals surface area contributed by atoms with E-state index >= 15 is 0 Å². The summed E-state index contributed by atoms with van der Waals surface area (Å²) in [6.45, 7) is 0.467. The van der Waals surface area contributed by atoms with E-state index in [0.29, 0.717) is 23.0 Å². The molecule has 0 amide bonds. The standard InChI is InChI=1S/C14H12ClF3N2S/c15-11-3-1-2-9(6-7-19)13(11)21-12-5-4-10(8-20-12)14(16,17)18/h1-5,8H,6-7,19H2. The molecule has 0 fully saturated rings. The van der Waals surface area contributed by atoms with Crippen LogP contribution >= 0.6 is 23.4 Å². The number of rotatable bonds is 4. The predicted octanol–water partition coefficient (Wildman–Crippen LogP) is 4.41. The van der Waals surface area contributed by atoms with Gasteiger partial charge in [0.15, 0.2) is 0 Å². The van der Waals surface area contributed by atoms with Crippen molar-refractivity contribution in [3.05, 3.63) is 52.7 Å². The number of nitrogens with two attached hydrogens (primary N) is 1. The lowest BCUT2D eigenvalue weighted by Crippen LogP contribution is -2.05. The summed E-state index contributed by atoms with van der Waals surface area (Å²) in [5.41, 5.74) is 5.73. The molecule has 0 spiro atoms. The Morgan fingerprint density at radius 1 is 1.19 bits per heavy atom. The van der Waals surface area contributed by atoms with E-state index in [1.165, 1.54) is 17.8 Å². The van der Waals surface area contributed by atoms with Crippen LogP contribution in [0.1, 0.15) is 11.1 Å². The summed E-state index contributed by atoms with van der Waals surface area (Å²) in [5.74, 6) is 0. The highest BCUT2D eigenvalue weighted by molar-refractivity contribution is 7.99. The molecule has 0 saturated carbocycles. The van der Waals surface area contributed by atoms with Gasteiger partial charge in [-0.15, -0.1) is 0 Å². The number of nitrogens with zero attached hydrogens (tertiary/aromatic N) is 1. The second kappa shape index (κ2) is 6.68. The van der Waals surface area contributed by atoms with Gasteiger partial charge in [-0.25, -0.2) is 4.98 Å². The summed E-state index contributed by atoms with van der Waals surface area (Å²) in [6, 6.07) is 7.79. The van der Waals surface area contributed by atoms with Gasteiger partial charge in [0.2, 0.25) is 0 Å². The molecule has 1 aromatic heterocycles. The third-order valence-corrected chi connectivity index (χ3v) is 4.30. The molecule has 1 heterocycles. The Kier molecular flexibility index (Phi) is 5.13. The highest BCUT2D eigenvalue weighted by Gasteiger charge is 2.30. The summed E-state index contributed by atoms with van der Waals surface area (Å²) in [4.78, 5) is 4.61. The molecule has 21 heavy (non-hydrogen) atoms. The van der Waals surface area contributed by atoms with E-state index in [2.05, 4.69) is 4.98 Å². The zero-order chi connectivity index (χ0) is 15.5. The summed E-state index contributed by atoms with van der Waals surface area (Å²) < 4.78 is 37.5. The van der Waals surface area contributed by atoms with Crippen molar-refractivity contribution in [1.29, 1.82) is 0 Å². The van der Waals surface area contributed by atoms with Gasteiger partial charge in [-0.05, 0) is 36.7 Å². The van der Waals surface area contributed by atoms with E-state index in [9.17, 15) is 13.2 Å². The van der Waals surface area contributed by atoms with Crippen LogP contribution in [0.3, 0.4) is 0 Å². The van der Waals surface area contributed by atoms with E-state index < -0.39 is 11.7 Å². The van der Waals surface area contributed by atoms with Crippen LogP contribution in [0, 0.1) is 0 Å². The Balaban J connectivity index is 2.26. The summed E-state index contributed by atoms with van der Waals surface area (Å²) >= 11 is 7.38. The van der Waals surface area contributed by atoms with E-state index in [1.54, 1.807) is 6.07 Å². The van der Waals surface area contributed by atoms with Crippen molar-refractivity contribution in [2.45, 2.75) is 22.5 Å². The molecule has 112 valence electrons. The van der Waals surface area contributed by atoms with Gasteiger partial charge in [-0.2, -0.15) is 13.2 Å². The molecule has 0 unspecified atom stereocenters. The first-order chi connectivity index (χ1) is 9.91. The van der Waals surface area contributed by atoms with Gasteiger partial charge in [0, 0.05) is 11.1 Å². The van der Waals surface area contributed by atoms with Crippen molar-refractivity contribution in [3.8, 4) is 0 Å². The monoisotopic (exact) mass is 332 g/mol. The minimum absolute atomic E-state index is 0.453. The van der Waals surface area contributed by atoms with Crippen molar-refractivity contribution >= 4 is 23.4 Å².